The molecule has 6 nitrogen and oxygen atoms in total. The van der Waals surface area contributed by atoms with Gasteiger partial charge in [0.15, 0.2) is 0 Å². The molecule has 0 bridgehead atoms. The molecular formula is C38H38N6. The van der Waals surface area contributed by atoms with Gasteiger partial charge in [0.05, 0.1) is 11.2 Å². The van der Waals surface area contributed by atoms with Gasteiger partial charge in [0.1, 0.15) is 22.9 Å². The Balaban J connectivity index is 1.13. The number of imidazole rings is 1. The summed E-state index contributed by atoms with van der Waals surface area (Å²) in [6.07, 6.45) is 12.7. The number of hydrogen-bond donors (Lipinski definition) is 1. The maximum absolute atomic E-state index is 6.50. The van der Waals surface area contributed by atoms with Gasteiger partial charge in [-0.1, -0.05) is 97.9 Å². The van der Waals surface area contributed by atoms with Crippen LogP contribution in [0, 0.1) is 0 Å². The van der Waals surface area contributed by atoms with E-state index in [2.05, 4.69) is 106 Å². The number of benzene rings is 3. The van der Waals surface area contributed by atoms with Crippen molar-refractivity contribution in [3.63, 3.8) is 0 Å². The van der Waals surface area contributed by atoms with Crippen LogP contribution in [0.1, 0.15) is 49.9 Å². The number of nitrogens with two attached hydrogens (primary N) is 1. The average Bonchev–Trinajstić information content (AvgIpc) is 3.43. The summed E-state index contributed by atoms with van der Waals surface area (Å²) < 4.78 is 2.17. The van der Waals surface area contributed by atoms with E-state index in [-0.39, 0.29) is 0 Å². The Labute approximate surface area is 258 Å². The minimum atomic E-state index is 0.380. The topological polar surface area (TPSA) is 72.3 Å². The maximum atomic E-state index is 6.50. The first-order valence-electron chi connectivity index (χ1n) is 15.7. The Kier molecular flexibility index (Phi) is 7.91. The molecule has 1 aliphatic rings. The molecule has 0 unspecified atom stereocenters. The Bertz CT molecular complexity index is 1900. The Morgan fingerprint density at radius 3 is 2.45 bits per heavy atom. The zero-order chi connectivity index (χ0) is 29.9. The van der Waals surface area contributed by atoms with Gasteiger partial charge < -0.3 is 10.6 Å². The fraction of sp³-hybridized carbons (Fsp3) is 0.237. The van der Waals surface area contributed by atoms with E-state index in [4.69, 9.17) is 15.7 Å². The molecule has 6 aromatic rings. The van der Waals surface area contributed by atoms with Crippen molar-refractivity contribution in [2.24, 2.45) is 0 Å². The molecule has 6 heteroatoms. The van der Waals surface area contributed by atoms with E-state index in [1.165, 1.54) is 5.56 Å². The lowest BCUT2D eigenvalue weighted by Gasteiger charge is -2.42. The van der Waals surface area contributed by atoms with E-state index >= 15 is 0 Å². The van der Waals surface area contributed by atoms with E-state index in [0.29, 0.717) is 17.8 Å². The van der Waals surface area contributed by atoms with Gasteiger partial charge in [-0.2, -0.15) is 0 Å². The smallest absolute Gasteiger partial charge is 0.150 e. The quantitative estimate of drug-likeness (QED) is 0.177. The monoisotopic (exact) mass is 578 g/mol. The molecule has 0 spiro atoms. The summed E-state index contributed by atoms with van der Waals surface area (Å²) in [7, 11) is 0. The van der Waals surface area contributed by atoms with E-state index in [1.807, 2.05) is 24.4 Å². The van der Waals surface area contributed by atoms with Crippen molar-refractivity contribution < 1.29 is 0 Å². The fourth-order valence-corrected chi connectivity index (χ4v) is 6.50. The lowest BCUT2D eigenvalue weighted by Crippen LogP contribution is -2.45. The van der Waals surface area contributed by atoms with Crippen LogP contribution in [0.2, 0.25) is 0 Å². The van der Waals surface area contributed by atoms with Crippen LogP contribution in [0.15, 0.2) is 109 Å². The van der Waals surface area contributed by atoms with Crippen LogP contribution in [0.4, 0.5) is 5.82 Å². The lowest BCUT2D eigenvalue weighted by atomic mass is 9.78. The zero-order valence-electron chi connectivity index (χ0n) is 25.2. The van der Waals surface area contributed by atoms with Crippen LogP contribution in [0.25, 0.3) is 45.0 Å². The minimum absolute atomic E-state index is 0.380. The first-order valence-corrected chi connectivity index (χ1v) is 15.7. The van der Waals surface area contributed by atoms with E-state index in [9.17, 15) is 0 Å². The second kappa shape index (κ2) is 12.4. The van der Waals surface area contributed by atoms with E-state index < -0.39 is 0 Å². The molecule has 7 rings (SSSR count). The highest BCUT2D eigenvalue weighted by molar-refractivity contribution is 5.91. The molecule has 0 atom stereocenters. The second-order valence-electron chi connectivity index (χ2n) is 11.8. The summed E-state index contributed by atoms with van der Waals surface area (Å²) in [5.74, 6) is 1.96. The van der Waals surface area contributed by atoms with Gasteiger partial charge in [-0.05, 0) is 49.9 Å². The van der Waals surface area contributed by atoms with E-state index in [0.717, 1.165) is 83.5 Å². The zero-order valence-corrected chi connectivity index (χ0v) is 25.2. The van der Waals surface area contributed by atoms with Crippen molar-refractivity contribution in [2.75, 3.05) is 18.8 Å². The predicted octanol–water partition coefficient (Wildman–Crippen LogP) is 8.26. The molecule has 2 N–H and O–H groups in total. The third kappa shape index (κ3) is 5.61. The fourth-order valence-electron chi connectivity index (χ4n) is 6.50. The van der Waals surface area contributed by atoms with Gasteiger partial charge in [0.25, 0.3) is 0 Å². The molecule has 3 aromatic carbocycles. The van der Waals surface area contributed by atoms with Crippen molar-refractivity contribution in [1.82, 2.24) is 24.3 Å². The van der Waals surface area contributed by atoms with E-state index in [1.54, 1.807) is 6.20 Å². The van der Waals surface area contributed by atoms with Crippen molar-refractivity contribution in [1.29, 1.82) is 0 Å². The summed E-state index contributed by atoms with van der Waals surface area (Å²) in [6, 6.07) is 32.0. The van der Waals surface area contributed by atoms with Crippen LogP contribution in [0.3, 0.4) is 0 Å². The third-order valence-electron chi connectivity index (χ3n) is 8.84. The lowest BCUT2D eigenvalue weighted by molar-refractivity contribution is 0.107. The predicted molar refractivity (Wildman–Crippen MR) is 181 cm³/mol. The molecule has 0 aliphatic heterocycles. The molecule has 0 saturated heterocycles. The van der Waals surface area contributed by atoms with Crippen molar-refractivity contribution >= 4 is 28.3 Å². The van der Waals surface area contributed by atoms with Crippen molar-refractivity contribution in [3.05, 3.63) is 121 Å². The molecule has 1 fully saturated rings. The number of hydrogen-bond acceptors (Lipinski definition) is 5. The molecule has 3 aromatic heterocycles. The Hall–Kier alpha value is -4.81. The SMILES string of the molecule is CCCN(CC/C=C/c1ccccc1)C1CC(c2nc(-c3ccc4ccc(-c5ccccc5)nc4c3)c3c(N)nccn23)C1. The summed E-state index contributed by atoms with van der Waals surface area (Å²) in [4.78, 5) is 17.4. The van der Waals surface area contributed by atoms with Crippen LogP contribution < -0.4 is 5.73 Å². The number of nitrogen functional groups attached to an aromatic ring is 1. The molecule has 220 valence electrons. The molecule has 44 heavy (non-hydrogen) atoms. The summed E-state index contributed by atoms with van der Waals surface area (Å²) in [5, 5.41) is 1.10. The van der Waals surface area contributed by atoms with Crippen LogP contribution in [-0.4, -0.2) is 43.4 Å². The number of nitrogens with zero attached hydrogens (tertiary/aromatic N) is 5. The molecule has 1 aliphatic carbocycles. The number of anilines is 1. The van der Waals surface area contributed by atoms with Crippen molar-refractivity contribution in [2.45, 2.75) is 44.6 Å². The number of aromatic nitrogens is 4. The van der Waals surface area contributed by atoms with Crippen LogP contribution in [-0.2, 0) is 0 Å². The molecule has 1 saturated carbocycles. The molecular weight excluding hydrogens is 540 g/mol. The maximum Gasteiger partial charge on any atom is 0.150 e. The largest absolute Gasteiger partial charge is 0.382 e. The first-order chi connectivity index (χ1) is 21.7. The van der Waals surface area contributed by atoms with Gasteiger partial charge in [0, 0.05) is 47.4 Å². The first kappa shape index (κ1) is 28.0. The molecule has 0 radical (unpaired) electrons. The van der Waals surface area contributed by atoms with Gasteiger partial charge in [-0.15, -0.1) is 0 Å². The summed E-state index contributed by atoms with van der Waals surface area (Å²) in [6.45, 7) is 4.47. The van der Waals surface area contributed by atoms with Gasteiger partial charge in [-0.3, -0.25) is 4.40 Å². The normalized spacial score (nSPS) is 16.7. The highest BCUT2D eigenvalue weighted by atomic mass is 15.2. The van der Waals surface area contributed by atoms with Gasteiger partial charge >= 0.3 is 0 Å². The summed E-state index contributed by atoms with van der Waals surface area (Å²) >= 11 is 0. The number of rotatable bonds is 10. The Morgan fingerprint density at radius 1 is 0.886 bits per heavy atom. The Morgan fingerprint density at radius 2 is 1.66 bits per heavy atom. The average molecular weight is 579 g/mol. The second-order valence-corrected chi connectivity index (χ2v) is 11.8. The standard InChI is InChI=1S/C38H38N6/c1-2-21-43(22-10-9-13-27-11-5-3-6-12-27)32-24-31(25-32)38-42-35(36-37(39)40-20-23-44(36)38)30-17-16-29-18-19-33(41-34(29)26-30)28-14-7-4-8-15-28/h3-9,11-20,23,26,31-32H,2,10,21-22,24-25H2,1H3,(H2,39,40)/b13-9+. The summed E-state index contributed by atoms with van der Waals surface area (Å²) in [5.41, 5.74) is 13.5. The minimum Gasteiger partial charge on any atom is -0.382 e. The van der Waals surface area contributed by atoms with Crippen LogP contribution >= 0.6 is 0 Å². The number of pyridine rings is 1. The van der Waals surface area contributed by atoms with Gasteiger partial charge in [-0.25, -0.2) is 15.0 Å². The third-order valence-corrected chi connectivity index (χ3v) is 8.84. The molecule has 0 amide bonds. The van der Waals surface area contributed by atoms with Gasteiger partial charge in [0.2, 0.25) is 0 Å². The molecule has 3 heterocycles. The number of fused-ring (bicyclic) bond motifs is 2. The highest BCUT2D eigenvalue weighted by Gasteiger charge is 2.37. The van der Waals surface area contributed by atoms with Crippen molar-refractivity contribution in [3.8, 4) is 22.5 Å². The highest BCUT2D eigenvalue weighted by Crippen LogP contribution is 2.42. The van der Waals surface area contributed by atoms with Crippen LogP contribution in [0.5, 0.6) is 0 Å².